The predicted molar refractivity (Wildman–Crippen MR) is 52.8 cm³/mol. The van der Waals surface area contributed by atoms with Crippen LogP contribution in [-0.4, -0.2) is 36.0 Å². The molecule has 0 bridgehead atoms. The Morgan fingerprint density at radius 2 is 2.08 bits per heavy atom. The Balaban J connectivity index is 3.21. The van der Waals surface area contributed by atoms with Crippen molar-refractivity contribution in [1.82, 2.24) is 4.90 Å². The van der Waals surface area contributed by atoms with E-state index in [0.29, 0.717) is 12.6 Å². The number of rotatable bonds is 7. The highest BCUT2D eigenvalue weighted by atomic mass is 31.1. The molecule has 0 aromatic rings. The summed E-state index contributed by atoms with van der Waals surface area (Å²) >= 11 is 0. The summed E-state index contributed by atoms with van der Waals surface area (Å²) in [6, 6.07) is 0.551. The zero-order valence-corrected chi connectivity index (χ0v) is 9.46. The first-order valence-corrected chi connectivity index (χ1v) is 5.66. The molecule has 0 aromatic carbocycles. The fourth-order valence-electron chi connectivity index (χ4n) is 0.864. The fraction of sp³-hybridized carbons (Fsp3) is 1.00. The van der Waals surface area contributed by atoms with Crippen LogP contribution >= 0.6 is 8.25 Å². The average Bonchev–Trinajstić information content (AvgIpc) is 2.02. The third-order valence-corrected chi connectivity index (χ3v) is 2.39. The number of hydrogen-bond donors (Lipinski definition) is 1. The summed E-state index contributed by atoms with van der Waals surface area (Å²) in [5.41, 5.74) is 0. The molecule has 0 aliphatic heterocycles. The van der Waals surface area contributed by atoms with Crippen LogP contribution in [0.3, 0.4) is 0 Å². The van der Waals surface area contributed by atoms with Crippen molar-refractivity contribution in [1.29, 1.82) is 0 Å². The van der Waals surface area contributed by atoms with Crippen LogP contribution in [0.1, 0.15) is 26.7 Å². The Morgan fingerprint density at radius 1 is 1.46 bits per heavy atom. The molecule has 0 fully saturated rings. The van der Waals surface area contributed by atoms with Crippen molar-refractivity contribution in [2.24, 2.45) is 0 Å². The molecular formula is C8H19NO3P+. The highest BCUT2D eigenvalue weighted by Gasteiger charge is 2.10. The highest BCUT2D eigenvalue weighted by Crippen LogP contribution is 2.14. The van der Waals surface area contributed by atoms with Gasteiger partial charge < -0.3 is 4.90 Å². The van der Waals surface area contributed by atoms with Crippen LogP contribution in [0.4, 0.5) is 0 Å². The summed E-state index contributed by atoms with van der Waals surface area (Å²) in [6.45, 7) is 5.66. The van der Waals surface area contributed by atoms with Crippen LogP contribution in [0, 0.1) is 0 Å². The van der Waals surface area contributed by atoms with Gasteiger partial charge in [0, 0.05) is 10.6 Å². The second-order valence-corrected chi connectivity index (χ2v) is 4.09. The van der Waals surface area contributed by atoms with Gasteiger partial charge in [-0.3, -0.25) is 0 Å². The van der Waals surface area contributed by atoms with Gasteiger partial charge in [0.15, 0.2) is 0 Å². The van der Waals surface area contributed by atoms with E-state index in [2.05, 4.69) is 30.3 Å². The lowest BCUT2D eigenvalue weighted by Gasteiger charge is -2.20. The lowest BCUT2D eigenvalue weighted by molar-refractivity contribution is 0.241. The van der Waals surface area contributed by atoms with Crippen molar-refractivity contribution >= 4 is 8.25 Å². The molecule has 0 spiro atoms. The van der Waals surface area contributed by atoms with E-state index in [1.54, 1.807) is 0 Å². The third kappa shape index (κ3) is 8.31. The molecule has 1 N–H and O–H groups in total. The van der Waals surface area contributed by atoms with E-state index in [-0.39, 0.29) is 0 Å². The summed E-state index contributed by atoms with van der Waals surface area (Å²) in [5.74, 6) is 0. The first-order chi connectivity index (χ1) is 6.04. The fourth-order valence-corrected chi connectivity index (χ4v) is 1.15. The SMILES string of the molecule is CC(C)N(C)CCCCO[P+](=O)O. The van der Waals surface area contributed by atoms with E-state index in [4.69, 9.17) is 4.89 Å². The minimum Gasteiger partial charge on any atom is -0.304 e. The molecule has 0 aliphatic rings. The number of nitrogens with zero attached hydrogens (tertiary/aromatic N) is 1. The molecule has 0 aromatic heterocycles. The Morgan fingerprint density at radius 3 is 2.54 bits per heavy atom. The van der Waals surface area contributed by atoms with Gasteiger partial charge >= 0.3 is 8.25 Å². The molecule has 4 nitrogen and oxygen atoms in total. The van der Waals surface area contributed by atoms with Gasteiger partial charge in [0.1, 0.15) is 6.61 Å². The van der Waals surface area contributed by atoms with Gasteiger partial charge in [-0.05, 0) is 40.3 Å². The maximum atomic E-state index is 10.1. The standard InChI is InChI=1S/C8H18NO3P/c1-8(2)9(3)6-4-5-7-12-13(10)11/h8H,4-7H2,1-3H3/p+1. The van der Waals surface area contributed by atoms with Crippen molar-refractivity contribution in [3.05, 3.63) is 0 Å². The Bertz CT molecular complexity index is 152. The van der Waals surface area contributed by atoms with E-state index < -0.39 is 8.25 Å². The highest BCUT2D eigenvalue weighted by molar-refractivity contribution is 7.32. The van der Waals surface area contributed by atoms with Crippen LogP contribution in [0.25, 0.3) is 0 Å². The zero-order valence-electron chi connectivity index (χ0n) is 8.56. The summed E-state index contributed by atoms with van der Waals surface area (Å²) in [7, 11) is -0.341. The first-order valence-electron chi connectivity index (χ1n) is 4.53. The largest absolute Gasteiger partial charge is 0.694 e. The van der Waals surface area contributed by atoms with Crippen LogP contribution in [0.15, 0.2) is 0 Å². The Kier molecular flexibility index (Phi) is 7.38. The van der Waals surface area contributed by atoms with Crippen LogP contribution in [-0.2, 0) is 9.09 Å². The summed E-state index contributed by atoms with van der Waals surface area (Å²) in [4.78, 5) is 10.6. The van der Waals surface area contributed by atoms with Gasteiger partial charge in [-0.15, -0.1) is 9.42 Å². The molecule has 0 radical (unpaired) electrons. The van der Waals surface area contributed by atoms with Crippen LogP contribution in [0.5, 0.6) is 0 Å². The van der Waals surface area contributed by atoms with Crippen molar-refractivity contribution < 1.29 is 14.0 Å². The van der Waals surface area contributed by atoms with E-state index in [1.165, 1.54) is 0 Å². The molecule has 0 aliphatic carbocycles. The molecule has 1 atom stereocenters. The van der Waals surface area contributed by atoms with Crippen molar-refractivity contribution in [3.63, 3.8) is 0 Å². The van der Waals surface area contributed by atoms with E-state index in [9.17, 15) is 4.57 Å². The first kappa shape index (κ1) is 13.0. The molecule has 13 heavy (non-hydrogen) atoms. The Labute approximate surface area is 80.8 Å². The normalized spacial score (nSPS) is 12.6. The molecule has 0 saturated carbocycles. The molecule has 0 heterocycles. The van der Waals surface area contributed by atoms with Gasteiger partial charge in [-0.25, -0.2) is 0 Å². The van der Waals surface area contributed by atoms with Crippen LogP contribution in [0.2, 0.25) is 0 Å². The monoisotopic (exact) mass is 208 g/mol. The third-order valence-electron chi connectivity index (χ3n) is 1.99. The van der Waals surface area contributed by atoms with E-state index in [1.807, 2.05) is 0 Å². The Hall–Kier alpha value is -0.0200. The summed E-state index contributed by atoms with van der Waals surface area (Å²) < 4.78 is 14.7. The lowest BCUT2D eigenvalue weighted by atomic mass is 10.2. The second-order valence-electron chi connectivity index (χ2n) is 3.35. The number of unbranched alkanes of at least 4 members (excludes halogenated alkanes) is 1. The molecule has 0 saturated heterocycles. The van der Waals surface area contributed by atoms with E-state index >= 15 is 0 Å². The molecular weight excluding hydrogens is 189 g/mol. The predicted octanol–water partition coefficient (Wildman–Crippen LogP) is 1.77. The van der Waals surface area contributed by atoms with Crippen LogP contribution < -0.4 is 0 Å². The zero-order chi connectivity index (χ0) is 10.3. The maximum Gasteiger partial charge on any atom is 0.694 e. The quantitative estimate of drug-likeness (QED) is 0.511. The summed E-state index contributed by atoms with van der Waals surface area (Å²) in [6.07, 6.45) is 1.83. The number of hydrogen-bond acceptors (Lipinski definition) is 3. The van der Waals surface area contributed by atoms with Gasteiger partial charge in [0.05, 0.1) is 0 Å². The van der Waals surface area contributed by atoms with Gasteiger partial charge in [0.25, 0.3) is 0 Å². The molecule has 1 unspecified atom stereocenters. The molecule has 0 amide bonds. The van der Waals surface area contributed by atoms with Crippen molar-refractivity contribution in [2.45, 2.75) is 32.7 Å². The van der Waals surface area contributed by atoms with Gasteiger partial charge in [0.2, 0.25) is 0 Å². The topological polar surface area (TPSA) is 49.8 Å². The lowest BCUT2D eigenvalue weighted by Crippen LogP contribution is -2.27. The smallest absolute Gasteiger partial charge is 0.304 e. The molecule has 0 rings (SSSR count). The minimum atomic E-state index is -2.41. The summed E-state index contributed by atoms with van der Waals surface area (Å²) in [5, 5.41) is 0. The van der Waals surface area contributed by atoms with E-state index in [0.717, 1.165) is 19.4 Å². The maximum absolute atomic E-state index is 10.1. The molecule has 5 heteroatoms. The second kappa shape index (κ2) is 7.39. The van der Waals surface area contributed by atoms with Crippen molar-refractivity contribution in [3.8, 4) is 0 Å². The van der Waals surface area contributed by atoms with Crippen molar-refractivity contribution in [2.75, 3.05) is 20.2 Å². The molecule has 78 valence electrons. The minimum absolute atomic E-state index is 0.373. The van der Waals surface area contributed by atoms with Gasteiger partial charge in [-0.2, -0.15) is 0 Å². The average molecular weight is 208 g/mol. The van der Waals surface area contributed by atoms with Gasteiger partial charge in [-0.1, -0.05) is 0 Å².